The van der Waals surface area contributed by atoms with E-state index in [9.17, 15) is 9.59 Å². The van der Waals surface area contributed by atoms with Gasteiger partial charge in [0.2, 0.25) is 0 Å². The van der Waals surface area contributed by atoms with E-state index in [1.165, 1.54) is 0 Å². The van der Waals surface area contributed by atoms with E-state index in [1.807, 2.05) is 0 Å². The van der Waals surface area contributed by atoms with Crippen molar-refractivity contribution < 1.29 is 14.7 Å². The quantitative estimate of drug-likeness (QED) is 0.621. The Morgan fingerprint density at radius 1 is 1.64 bits per heavy atom. The largest absolute Gasteiger partial charge is 0.481 e. The molecule has 1 N–H and O–H groups in total. The molecule has 1 rings (SSSR count). The molecule has 1 saturated carbocycles. The number of carbonyl (C=O) groups excluding carboxylic acids is 1. The minimum Gasteiger partial charge on any atom is -0.481 e. The van der Waals surface area contributed by atoms with Crippen LogP contribution in [-0.2, 0) is 9.59 Å². The zero-order valence-electron chi connectivity index (χ0n) is 6.59. The Morgan fingerprint density at radius 3 is 2.64 bits per heavy atom. The fourth-order valence-electron chi connectivity index (χ4n) is 1.47. The fourth-order valence-corrected chi connectivity index (χ4v) is 1.47. The average molecular weight is 156 g/mol. The second kappa shape index (κ2) is 2.64. The molecule has 1 unspecified atom stereocenters. The van der Waals surface area contributed by atoms with E-state index in [4.69, 9.17) is 5.11 Å². The summed E-state index contributed by atoms with van der Waals surface area (Å²) in [5, 5.41) is 8.76. The molecule has 0 saturated heterocycles. The van der Waals surface area contributed by atoms with Gasteiger partial charge in [-0.05, 0) is 19.8 Å². The molecular formula is C8H12O3. The van der Waals surface area contributed by atoms with Crippen LogP contribution in [0.5, 0.6) is 0 Å². The number of aliphatic carboxylic acids is 1. The van der Waals surface area contributed by atoms with Crippen molar-refractivity contribution >= 4 is 11.8 Å². The Hall–Kier alpha value is -0.860. The number of carboxylic acid groups (broad SMARTS) is 1. The van der Waals surface area contributed by atoms with Crippen molar-refractivity contribution in [3.05, 3.63) is 0 Å². The molecule has 0 bridgehead atoms. The van der Waals surface area contributed by atoms with Crippen LogP contribution in [-0.4, -0.2) is 16.9 Å². The minimum absolute atomic E-state index is 0.0844. The summed E-state index contributed by atoms with van der Waals surface area (Å²) in [5.41, 5.74) is -0.782. The summed E-state index contributed by atoms with van der Waals surface area (Å²) >= 11 is 0. The first-order valence-corrected chi connectivity index (χ1v) is 3.80. The number of hydrogen-bond donors (Lipinski definition) is 1. The molecule has 3 heteroatoms. The van der Waals surface area contributed by atoms with Gasteiger partial charge in [-0.25, -0.2) is 0 Å². The fraction of sp³-hybridized carbons (Fsp3) is 0.750. The van der Waals surface area contributed by atoms with Gasteiger partial charge >= 0.3 is 5.97 Å². The van der Waals surface area contributed by atoms with Crippen LogP contribution in [0.3, 0.4) is 0 Å². The molecule has 11 heavy (non-hydrogen) atoms. The highest BCUT2D eigenvalue weighted by atomic mass is 16.4. The van der Waals surface area contributed by atoms with E-state index in [2.05, 4.69) is 0 Å². The zero-order chi connectivity index (χ0) is 8.48. The van der Waals surface area contributed by atoms with Gasteiger partial charge in [-0.2, -0.15) is 0 Å². The van der Waals surface area contributed by atoms with Crippen LogP contribution < -0.4 is 0 Å². The lowest BCUT2D eigenvalue weighted by molar-refractivity contribution is -0.152. The van der Waals surface area contributed by atoms with E-state index < -0.39 is 11.4 Å². The summed E-state index contributed by atoms with van der Waals surface area (Å²) in [4.78, 5) is 21.6. The highest BCUT2D eigenvalue weighted by molar-refractivity contribution is 5.87. The van der Waals surface area contributed by atoms with Crippen LogP contribution in [0.25, 0.3) is 0 Å². The van der Waals surface area contributed by atoms with Crippen LogP contribution in [0.1, 0.15) is 32.6 Å². The monoisotopic (exact) mass is 156 g/mol. The van der Waals surface area contributed by atoms with Gasteiger partial charge in [-0.1, -0.05) is 0 Å². The van der Waals surface area contributed by atoms with E-state index in [1.54, 1.807) is 6.92 Å². The van der Waals surface area contributed by atoms with Crippen LogP contribution in [0.4, 0.5) is 0 Å². The molecule has 0 amide bonds. The Kier molecular flexibility index (Phi) is 1.98. The number of Topliss-reactive ketones (excluding diaryl/α,β-unsaturated/α-hetero) is 1. The molecule has 1 aliphatic carbocycles. The highest BCUT2D eigenvalue weighted by Gasteiger charge is 2.37. The van der Waals surface area contributed by atoms with Gasteiger partial charge in [0.05, 0.1) is 5.41 Å². The summed E-state index contributed by atoms with van der Waals surface area (Å²) in [6.07, 6.45) is 2.13. The van der Waals surface area contributed by atoms with Gasteiger partial charge in [-0.3, -0.25) is 9.59 Å². The molecule has 0 aromatic rings. The topological polar surface area (TPSA) is 54.4 Å². The number of rotatable bonds is 1. The second-order valence-electron chi connectivity index (χ2n) is 3.43. The molecule has 3 nitrogen and oxygen atoms in total. The molecule has 0 spiro atoms. The first-order chi connectivity index (χ1) is 5.04. The van der Waals surface area contributed by atoms with Gasteiger partial charge in [0.15, 0.2) is 0 Å². The maximum atomic E-state index is 10.9. The lowest BCUT2D eigenvalue weighted by atomic mass is 9.75. The van der Waals surface area contributed by atoms with Crippen LogP contribution in [0.2, 0.25) is 0 Å². The number of carboxylic acids is 1. The van der Waals surface area contributed by atoms with Crippen LogP contribution in [0.15, 0.2) is 0 Å². The van der Waals surface area contributed by atoms with E-state index in [0.29, 0.717) is 12.8 Å². The third-order valence-corrected chi connectivity index (χ3v) is 2.29. The maximum absolute atomic E-state index is 10.9. The van der Waals surface area contributed by atoms with E-state index in [0.717, 1.165) is 6.42 Å². The third kappa shape index (κ3) is 1.59. The molecule has 0 aliphatic heterocycles. The lowest BCUT2D eigenvalue weighted by Gasteiger charge is -2.27. The smallest absolute Gasteiger partial charge is 0.309 e. The number of ketones is 1. The van der Waals surface area contributed by atoms with Crippen molar-refractivity contribution in [2.45, 2.75) is 32.6 Å². The lowest BCUT2D eigenvalue weighted by Crippen LogP contribution is -2.33. The Bertz CT molecular complexity index is 198. The second-order valence-corrected chi connectivity index (χ2v) is 3.43. The number of hydrogen-bond acceptors (Lipinski definition) is 2. The van der Waals surface area contributed by atoms with E-state index in [-0.39, 0.29) is 12.2 Å². The standard InChI is InChI=1S/C8H12O3/c1-8(7(10)11)4-2-3-6(9)5-8/h2-5H2,1H3,(H,10,11). The Balaban J connectivity index is 2.70. The van der Waals surface area contributed by atoms with E-state index >= 15 is 0 Å². The molecule has 62 valence electrons. The molecule has 1 fully saturated rings. The van der Waals surface area contributed by atoms with Crippen molar-refractivity contribution in [1.29, 1.82) is 0 Å². The summed E-state index contributed by atoms with van der Waals surface area (Å²) in [6.45, 7) is 1.65. The van der Waals surface area contributed by atoms with Gasteiger partial charge < -0.3 is 5.11 Å². The molecule has 0 aromatic carbocycles. The maximum Gasteiger partial charge on any atom is 0.309 e. The van der Waals surface area contributed by atoms with Gasteiger partial charge in [-0.15, -0.1) is 0 Å². The van der Waals surface area contributed by atoms with Crippen molar-refractivity contribution in [3.63, 3.8) is 0 Å². The highest BCUT2D eigenvalue weighted by Crippen LogP contribution is 2.33. The summed E-state index contributed by atoms with van der Waals surface area (Å²) in [7, 11) is 0. The van der Waals surface area contributed by atoms with Gasteiger partial charge in [0.1, 0.15) is 5.78 Å². The summed E-state index contributed by atoms with van der Waals surface area (Å²) in [5.74, 6) is -0.758. The molecule has 1 aliphatic rings. The predicted molar refractivity (Wildman–Crippen MR) is 39.2 cm³/mol. The molecule has 0 aromatic heterocycles. The Morgan fingerprint density at radius 2 is 2.27 bits per heavy atom. The van der Waals surface area contributed by atoms with Gasteiger partial charge in [0, 0.05) is 12.8 Å². The molecular weight excluding hydrogens is 144 g/mol. The van der Waals surface area contributed by atoms with Crippen molar-refractivity contribution in [2.75, 3.05) is 0 Å². The minimum atomic E-state index is -0.842. The van der Waals surface area contributed by atoms with Gasteiger partial charge in [0.25, 0.3) is 0 Å². The first-order valence-electron chi connectivity index (χ1n) is 3.80. The van der Waals surface area contributed by atoms with Crippen molar-refractivity contribution in [1.82, 2.24) is 0 Å². The predicted octanol–water partition coefficient (Wildman–Crippen LogP) is 1.22. The summed E-state index contributed by atoms with van der Waals surface area (Å²) < 4.78 is 0. The van der Waals surface area contributed by atoms with Crippen molar-refractivity contribution in [2.24, 2.45) is 5.41 Å². The molecule has 0 heterocycles. The summed E-state index contributed by atoms with van der Waals surface area (Å²) in [6, 6.07) is 0. The average Bonchev–Trinajstić information content (AvgIpc) is 1.86. The zero-order valence-corrected chi connectivity index (χ0v) is 6.59. The van der Waals surface area contributed by atoms with Crippen LogP contribution >= 0.6 is 0 Å². The molecule has 1 atom stereocenters. The normalized spacial score (nSPS) is 31.9. The SMILES string of the molecule is CC1(C(=O)O)CCCC(=O)C1. The first kappa shape index (κ1) is 8.24. The van der Waals surface area contributed by atoms with Crippen LogP contribution in [0, 0.1) is 5.41 Å². The molecule has 0 radical (unpaired) electrons. The Labute approximate surface area is 65.4 Å². The third-order valence-electron chi connectivity index (χ3n) is 2.29. The van der Waals surface area contributed by atoms with Crippen molar-refractivity contribution in [3.8, 4) is 0 Å². The number of carbonyl (C=O) groups is 2.